The number of aromatic nitrogens is 2. The van der Waals surface area contributed by atoms with Gasteiger partial charge in [0, 0.05) is 29.0 Å². The summed E-state index contributed by atoms with van der Waals surface area (Å²) in [5, 5.41) is 6.54. The predicted molar refractivity (Wildman–Crippen MR) is 106 cm³/mol. The van der Waals surface area contributed by atoms with Crippen molar-refractivity contribution < 1.29 is 9.53 Å². The standard InChI is InChI=1S/C20H19ClN4O2/c1-13-7-8-15(11-16(13)21)24-20-22-10-9-17(25-20)19(26)23-12-14-5-3-4-6-18(14)27-2/h3-11H,12H2,1-2H3,(H,23,26)(H,22,24,25). The van der Waals surface area contributed by atoms with E-state index in [1.165, 1.54) is 6.20 Å². The molecule has 1 heterocycles. The Morgan fingerprint density at radius 3 is 2.78 bits per heavy atom. The number of amides is 1. The summed E-state index contributed by atoms with van der Waals surface area (Å²) in [4.78, 5) is 20.8. The molecule has 6 nitrogen and oxygen atoms in total. The predicted octanol–water partition coefficient (Wildman–Crippen LogP) is 4.12. The topological polar surface area (TPSA) is 76.1 Å². The first-order chi connectivity index (χ1) is 13.1. The van der Waals surface area contributed by atoms with Gasteiger partial charge in [0.05, 0.1) is 7.11 Å². The third-order valence-electron chi connectivity index (χ3n) is 3.95. The number of aryl methyl sites for hydroxylation is 1. The first-order valence-corrected chi connectivity index (χ1v) is 8.71. The van der Waals surface area contributed by atoms with Crippen molar-refractivity contribution >= 4 is 29.1 Å². The highest BCUT2D eigenvalue weighted by Crippen LogP contribution is 2.22. The largest absolute Gasteiger partial charge is 0.496 e. The molecule has 2 aromatic carbocycles. The molecule has 138 valence electrons. The van der Waals surface area contributed by atoms with Crippen LogP contribution >= 0.6 is 11.6 Å². The van der Waals surface area contributed by atoms with E-state index in [-0.39, 0.29) is 11.6 Å². The number of ether oxygens (including phenoxy) is 1. The van der Waals surface area contributed by atoms with Gasteiger partial charge in [-0.25, -0.2) is 9.97 Å². The molecule has 0 aliphatic heterocycles. The first-order valence-electron chi connectivity index (χ1n) is 8.33. The Kier molecular flexibility index (Phi) is 5.88. The van der Waals surface area contributed by atoms with Crippen molar-refractivity contribution in [2.75, 3.05) is 12.4 Å². The molecule has 0 unspecified atom stereocenters. The van der Waals surface area contributed by atoms with Gasteiger partial charge in [-0.2, -0.15) is 0 Å². The number of rotatable bonds is 6. The van der Waals surface area contributed by atoms with E-state index in [9.17, 15) is 4.79 Å². The van der Waals surface area contributed by atoms with Crippen LogP contribution in [0.15, 0.2) is 54.7 Å². The first kappa shape index (κ1) is 18.7. The Hall–Kier alpha value is -3.12. The summed E-state index contributed by atoms with van der Waals surface area (Å²) in [6.45, 7) is 2.26. The molecule has 1 aromatic heterocycles. The number of nitrogens with zero attached hydrogens (tertiary/aromatic N) is 2. The summed E-state index contributed by atoms with van der Waals surface area (Å²) < 4.78 is 5.29. The molecule has 0 fully saturated rings. The number of benzene rings is 2. The van der Waals surface area contributed by atoms with Crippen LogP contribution in [0.2, 0.25) is 5.02 Å². The molecule has 0 spiro atoms. The van der Waals surface area contributed by atoms with Gasteiger partial charge < -0.3 is 15.4 Å². The molecular weight excluding hydrogens is 364 g/mol. The summed E-state index contributed by atoms with van der Waals surface area (Å²) in [5.41, 5.74) is 2.88. The molecule has 0 bridgehead atoms. The van der Waals surface area contributed by atoms with E-state index in [2.05, 4.69) is 20.6 Å². The number of anilines is 2. The Morgan fingerprint density at radius 2 is 2.00 bits per heavy atom. The second-order valence-corrected chi connectivity index (χ2v) is 6.26. The fourth-order valence-electron chi connectivity index (χ4n) is 2.46. The van der Waals surface area contributed by atoms with Gasteiger partial charge in [-0.05, 0) is 36.8 Å². The maximum atomic E-state index is 12.4. The van der Waals surface area contributed by atoms with E-state index in [4.69, 9.17) is 16.3 Å². The second kappa shape index (κ2) is 8.51. The average Bonchev–Trinajstić information content (AvgIpc) is 2.69. The highest BCUT2D eigenvalue weighted by Gasteiger charge is 2.10. The van der Waals surface area contributed by atoms with Crippen LogP contribution in [-0.4, -0.2) is 23.0 Å². The average molecular weight is 383 g/mol. The molecule has 1 amide bonds. The van der Waals surface area contributed by atoms with Crippen molar-refractivity contribution in [2.45, 2.75) is 13.5 Å². The maximum absolute atomic E-state index is 12.4. The Bertz CT molecular complexity index is 962. The van der Waals surface area contributed by atoms with Gasteiger partial charge in [0.1, 0.15) is 11.4 Å². The third-order valence-corrected chi connectivity index (χ3v) is 4.36. The van der Waals surface area contributed by atoms with Crippen molar-refractivity contribution in [3.63, 3.8) is 0 Å². The van der Waals surface area contributed by atoms with Crippen LogP contribution in [0.3, 0.4) is 0 Å². The van der Waals surface area contributed by atoms with Gasteiger partial charge in [0.15, 0.2) is 0 Å². The molecule has 0 radical (unpaired) electrons. The van der Waals surface area contributed by atoms with Gasteiger partial charge >= 0.3 is 0 Å². The summed E-state index contributed by atoms with van der Waals surface area (Å²) in [7, 11) is 1.60. The summed E-state index contributed by atoms with van der Waals surface area (Å²) in [6.07, 6.45) is 1.53. The van der Waals surface area contributed by atoms with Crippen LogP contribution in [0.4, 0.5) is 11.6 Å². The zero-order valence-corrected chi connectivity index (χ0v) is 15.7. The summed E-state index contributed by atoms with van der Waals surface area (Å²) in [5.74, 6) is 0.743. The number of para-hydroxylation sites is 1. The number of nitrogens with one attached hydrogen (secondary N) is 2. The lowest BCUT2D eigenvalue weighted by molar-refractivity contribution is 0.0945. The molecule has 2 N–H and O–H groups in total. The third kappa shape index (κ3) is 4.74. The number of methoxy groups -OCH3 is 1. The summed E-state index contributed by atoms with van der Waals surface area (Å²) in [6, 6.07) is 14.6. The minimum Gasteiger partial charge on any atom is -0.496 e. The quantitative estimate of drug-likeness (QED) is 0.670. The molecule has 3 rings (SSSR count). The zero-order valence-electron chi connectivity index (χ0n) is 15.0. The van der Waals surface area contributed by atoms with E-state index < -0.39 is 0 Å². The normalized spacial score (nSPS) is 10.3. The highest BCUT2D eigenvalue weighted by molar-refractivity contribution is 6.31. The fraction of sp³-hybridized carbons (Fsp3) is 0.150. The zero-order chi connectivity index (χ0) is 19.2. The van der Waals surface area contributed by atoms with Gasteiger partial charge in [0.25, 0.3) is 5.91 Å². The molecular formula is C20H19ClN4O2. The lowest BCUT2D eigenvalue weighted by atomic mass is 10.2. The Balaban J connectivity index is 1.69. The van der Waals surface area contributed by atoms with E-state index >= 15 is 0 Å². The lowest BCUT2D eigenvalue weighted by Crippen LogP contribution is -2.24. The van der Waals surface area contributed by atoms with E-state index in [0.717, 1.165) is 22.6 Å². The molecule has 0 saturated heterocycles. The number of hydrogen-bond donors (Lipinski definition) is 2. The van der Waals surface area contributed by atoms with E-state index in [0.29, 0.717) is 17.5 Å². The molecule has 3 aromatic rings. The van der Waals surface area contributed by atoms with Crippen LogP contribution in [0.1, 0.15) is 21.6 Å². The number of halogens is 1. The van der Waals surface area contributed by atoms with Gasteiger partial charge in [-0.1, -0.05) is 35.9 Å². The van der Waals surface area contributed by atoms with E-state index in [1.807, 2.05) is 43.3 Å². The molecule has 7 heteroatoms. The lowest BCUT2D eigenvalue weighted by Gasteiger charge is -2.10. The number of carbonyl (C=O) groups excluding carboxylic acids is 1. The van der Waals surface area contributed by atoms with Gasteiger partial charge in [0.2, 0.25) is 5.95 Å². The SMILES string of the molecule is COc1ccccc1CNC(=O)c1ccnc(Nc2ccc(C)c(Cl)c2)n1. The maximum Gasteiger partial charge on any atom is 0.270 e. The smallest absolute Gasteiger partial charge is 0.270 e. The number of carbonyl (C=O) groups is 1. The van der Waals surface area contributed by atoms with Gasteiger partial charge in [-0.3, -0.25) is 4.79 Å². The Labute approximate surface area is 162 Å². The fourth-order valence-corrected chi connectivity index (χ4v) is 2.64. The van der Waals surface area contributed by atoms with Crippen molar-refractivity contribution in [3.8, 4) is 5.75 Å². The van der Waals surface area contributed by atoms with Gasteiger partial charge in [-0.15, -0.1) is 0 Å². The van der Waals surface area contributed by atoms with Crippen molar-refractivity contribution in [3.05, 3.63) is 76.6 Å². The minimum absolute atomic E-state index is 0.264. The van der Waals surface area contributed by atoms with Crippen LogP contribution in [0.5, 0.6) is 5.75 Å². The molecule has 27 heavy (non-hydrogen) atoms. The minimum atomic E-state index is -0.298. The molecule has 0 aliphatic carbocycles. The van der Waals surface area contributed by atoms with Crippen molar-refractivity contribution in [2.24, 2.45) is 0 Å². The monoisotopic (exact) mass is 382 g/mol. The number of hydrogen-bond acceptors (Lipinski definition) is 5. The van der Waals surface area contributed by atoms with Crippen molar-refractivity contribution in [1.29, 1.82) is 0 Å². The highest BCUT2D eigenvalue weighted by atomic mass is 35.5. The molecule has 0 aliphatic rings. The van der Waals surface area contributed by atoms with Crippen LogP contribution in [0, 0.1) is 6.92 Å². The second-order valence-electron chi connectivity index (χ2n) is 5.85. The van der Waals surface area contributed by atoms with Crippen LogP contribution in [-0.2, 0) is 6.54 Å². The molecule has 0 saturated carbocycles. The Morgan fingerprint density at radius 1 is 1.19 bits per heavy atom. The summed E-state index contributed by atoms with van der Waals surface area (Å²) >= 11 is 6.13. The van der Waals surface area contributed by atoms with Crippen LogP contribution < -0.4 is 15.4 Å². The molecule has 0 atom stereocenters. The van der Waals surface area contributed by atoms with E-state index in [1.54, 1.807) is 19.2 Å². The van der Waals surface area contributed by atoms with Crippen molar-refractivity contribution in [1.82, 2.24) is 15.3 Å². The van der Waals surface area contributed by atoms with Crippen LogP contribution in [0.25, 0.3) is 0 Å².